The van der Waals surface area contributed by atoms with E-state index < -0.39 is 23.9 Å². The van der Waals surface area contributed by atoms with Crippen LogP contribution in [0, 0.1) is 0 Å². The Labute approximate surface area is 85.5 Å². The van der Waals surface area contributed by atoms with Crippen LogP contribution >= 0.6 is 0 Å². The maximum Gasteiger partial charge on any atom is 0.416 e. The Bertz CT molecular complexity index is 318. The lowest BCUT2D eigenvalue weighted by Gasteiger charge is -2.15. The molecule has 0 spiro atoms. The lowest BCUT2D eigenvalue weighted by molar-refractivity contribution is -0.137. The highest BCUT2D eigenvalue weighted by Crippen LogP contribution is 2.29. The quantitative estimate of drug-likeness (QED) is 0.800. The molecule has 1 rings (SSSR count). The van der Waals surface area contributed by atoms with Gasteiger partial charge < -0.3 is 10.8 Å². The number of hydrogen-bond acceptors (Lipinski definition) is 2. The summed E-state index contributed by atoms with van der Waals surface area (Å²) in [6, 6.07) is 3.81. The minimum absolute atomic E-state index is 0.484. The first-order valence-electron chi connectivity index (χ1n) is 4.43. The molecule has 5 heteroatoms. The van der Waals surface area contributed by atoms with Gasteiger partial charge in [0.15, 0.2) is 0 Å². The van der Waals surface area contributed by atoms with Gasteiger partial charge in [0.2, 0.25) is 0 Å². The second kappa shape index (κ2) is 4.20. The highest BCUT2D eigenvalue weighted by molar-refractivity contribution is 5.27. The van der Waals surface area contributed by atoms with Crippen LogP contribution in [0.1, 0.15) is 24.1 Å². The third-order valence-electron chi connectivity index (χ3n) is 2.14. The van der Waals surface area contributed by atoms with Gasteiger partial charge in [-0.2, -0.15) is 13.2 Å². The fourth-order valence-electron chi connectivity index (χ4n) is 1.17. The molecule has 0 aliphatic rings. The first kappa shape index (κ1) is 12.0. The third kappa shape index (κ3) is 2.94. The maximum absolute atomic E-state index is 12.2. The Balaban J connectivity index is 2.91. The summed E-state index contributed by atoms with van der Waals surface area (Å²) in [6.45, 7) is 1.49. The van der Waals surface area contributed by atoms with Gasteiger partial charge in [-0.15, -0.1) is 0 Å². The zero-order chi connectivity index (χ0) is 11.6. The summed E-state index contributed by atoms with van der Waals surface area (Å²) in [7, 11) is 0. The average Bonchev–Trinajstić information content (AvgIpc) is 2.15. The van der Waals surface area contributed by atoms with Crippen molar-refractivity contribution in [1.29, 1.82) is 0 Å². The number of rotatable bonds is 2. The van der Waals surface area contributed by atoms with Gasteiger partial charge in [0, 0.05) is 0 Å². The molecule has 0 aromatic heterocycles. The normalized spacial score (nSPS) is 16.1. The molecule has 0 saturated heterocycles. The number of aliphatic hydroxyl groups is 1. The van der Waals surface area contributed by atoms with E-state index >= 15 is 0 Å². The molecular formula is C10H12F3NO. The fraction of sp³-hybridized carbons (Fsp3) is 0.400. The summed E-state index contributed by atoms with van der Waals surface area (Å²) < 4.78 is 36.6. The SMILES string of the molecule is C[C@@H](O)[C@@H](N)c1ccc(C(F)(F)F)cc1. The molecule has 0 unspecified atom stereocenters. The lowest BCUT2D eigenvalue weighted by Crippen LogP contribution is -2.23. The number of aliphatic hydroxyl groups excluding tert-OH is 1. The Morgan fingerprint density at radius 1 is 1.20 bits per heavy atom. The zero-order valence-corrected chi connectivity index (χ0v) is 8.12. The summed E-state index contributed by atoms with van der Waals surface area (Å²) in [6.07, 6.45) is -5.13. The smallest absolute Gasteiger partial charge is 0.391 e. The van der Waals surface area contributed by atoms with Crippen LogP contribution < -0.4 is 5.73 Å². The van der Waals surface area contributed by atoms with Gasteiger partial charge in [-0.25, -0.2) is 0 Å². The van der Waals surface area contributed by atoms with E-state index in [1.165, 1.54) is 19.1 Å². The van der Waals surface area contributed by atoms with Crippen molar-refractivity contribution in [2.24, 2.45) is 5.73 Å². The highest BCUT2D eigenvalue weighted by atomic mass is 19.4. The molecular weight excluding hydrogens is 207 g/mol. The molecule has 15 heavy (non-hydrogen) atoms. The van der Waals surface area contributed by atoms with E-state index in [0.717, 1.165) is 12.1 Å². The van der Waals surface area contributed by atoms with Crippen LogP contribution in [0.25, 0.3) is 0 Å². The summed E-state index contributed by atoms with van der Waals surface area (Å²) in [5, 5.41) is 9.16. The summed E-state index contributed by atoms with van der Waals surface area (Å²) >= 11 is 0. The molecule has 1 aromatic carbocycles. The zero-order valence-electron chi connectivity index (χ0n) is 8.12. The average molecular weight is 219 g/mol. The van der Waals surface area contributed by atoms with Crippen molar-refractivity contribution < 1.29 is 18.3 Å². The van der Waals surface area contributed by atoms with Gasteiger partial charge >= 0.3 is 6.18 Å². The van der Waals surface area contributed by atoms with Crippen molar-refractivity contribution in [2.75, 3.05) is 0 Å². The van der Waals surface area contributed by atoms with Crippen molar-refractivity contribution in [3.8, 4) is 0 Å². The molecule has 0 bridgehead atoms. The van der Waals surface area contributed by atoms with Crippen LogP contribution in [0.2, 0.25) is 0 Å². The Kier molecular flexibility index (Phi) is 3.36. The molecule has 2 nitrogen and oxygen atoms in total. The molecule has 0 heterocycles. The summed E-state index contributed by atoms with van der Waals surface area (Å²) in [5.74, 6) is 0. The van der Waals surface area contributed by atoms with E-state index in [-0.39, 0.29) is 0 Å². The van der Waals surface area contributed by atoms with E-state index in [2.05, 4.69) is 0 Å². The van der Waals surface area contributed by atoms with Crippen molar-refractivity contribution in [1.82, 2.24) is 0 Å². The molecule has 0 aliphatic heterocycles. The predicted octanol–water partition coefficient (Wildman–Crippen LogP) is 2.09. The second-order valence-corrected chi connectivity index (χ2v) is 3.39. The largest absolute Gasteiger partial charge is 0.416 e. The number of halogens is 3. The molecule has 3 N–H and O–H groups in total. The van der Waals surface area contributed by atoms with Gasteiger partial charge in [-0.1, -0.05) is 12.1 Å². The fourth-order valence-corrected chi connectivity index (χ4v) is 1.17. The summed E-state index contributed by atoms with van der Waals surface area (Å²) in [4.78, 5) is 0. The number of benzene rings is 1. The minimum atomic E-state index is -4.34. The number of nitrogens with two attached hydrogens (primary N) is 1. The van der Waals surface area contributed by atoms with Crippen LogP contribution in [-0.2, 0) is 6.18 Å². The number of alkyl halides is 3. The Morgan fingerprint density at radius 3 is 2.00 bits per heavy atom. The molecule has 0 amide bonds. The van der Waals surface area contributed by atoms with Crippen molar-refractivity contribution in [3.05, 3.63) is 35.4 Å². The molecule has 1 aromatic rings. The number of hydrogen-bond donors (Lipinski definition) is 2. The molecule has 2 atom stereocenters. The van der Waals surface area contributed by atoms with Crippen molar-refractivity contribution in [3.63, 3.8) is 0 Å². The van der Waals surface area contributed by atoms with Gasteiger partial charge in [-0.3, -0.25) is 0 Å². The van der Waals surface area contributed by atoms with Crippen LogP contribution in [0.4, 0.5) is 13.2 Å². The molecule has 0 radical (unpaired) electrons. The van der Waals surface area contributed by atoms with E-state index in [1.54, 1.807) is 0 Å². The monoisotopic (exact) mass is 219 g/mol. The van der Waals surface area contributed by atoms with Crippen LogP contribution in [-0.4, -0.2) is 11.2 Å². The van der Waals surface area contributed by atoms with Crippen molar-refractivity contribution in [2.45, 2.75) is 25.2 Å². The lowest BCUT2D eigenvalue weighted by atomic mass is 10.0. The van der Waals surface area contributed by atoms with E-state index in [0.29, 0.717) is 5.56 Å². The maximum atomic E-state index is 12.2. The Morgan fingerprint density at radius 2 is 1.67 bits per heavy atom. The van der Waals surface area contributed by atoms with Crippen molar-refractivity contribution >= 4 is 0 Å². The minimum Gasteiger partial charge on any atom is -0.391 e. The van der Waals surface area contributed by atoms with Crippen LogP contribution in [0.3, 0.4) is 0 Å². The molecule has 84 valence electrons. The third-order valence-corrected chi connectivity index (χ3v) is 2.14. The van der Waals surface area contributed by atoms with E-state index in [9.17, 15) is 13.2 Å². The Hall–Kier alpha value is -1.07. The molecule has 0 fully saturated rings. The molecule has 0 aliphatic carbocycles. The predicted molar refractivity (Wildman–Crippen MR) is 50.1 cm³/mol. The summed E-state index contributed by atoms with van der Waals surface area (Å²) in [5.41, 5.74) is 5.33. The van der Waals surface area contributed by atoms with E-state index in [1.807, 2.05) is 0 Å². The van der Waals surface area contributed by atoms with Gasteiger partial charge in [0.25, 0.3) is 0 Å². The topological polar surface area (TPSA) is 46.2 Å². The van der Waals surface area contributed by atoms with Crippen LogP contribution in [0.5, 0.6) is 0 Å². The second-order valence-electron chi connectivity index (χ2n) is 3.39. The van der Waals surface area contributed by atoms with Crippen LogP contribution in [0.15, 0.2) is 24.3 Å². The first-order chi connectivity index (χ1) is 6.82. The standard InChI is InChI=1S/C10H12F3NO/c1-6(15)9(14)7-2-4-8(5-3-7)10(11,12)13/h2-6,9,15H,14H2,1H3/t6-,9-/m1/s1. The van der Waals surface area contributed by atoms with E-state index in [4.69, 9.17) is 10.8 Å². The van der Waals surface area contributed by atoms with Gasteiger partial charge in [0.1, 0.15) is 0 Å². The van der Waals surface area contributed by atoms with Gasteiger partial charge in [0.05, 0.1) is 17.7 Å². The highest BCUT2D eigenvalue weighted by Gasteiger charge is 2.30. The van der Waals surface area contributed by atoms with Gasteiger partial charge in [-0.05, 0) is 24.6 Å². The first-order valence-corrected chi connectivity index (χ1v) is 4.43. The molecule has 0 saturated carbocycles.